The molecule has 2 aliphatic rings. The molecule has 4 rings (SSSR count). The van der Waals surface area contributed by atoms with Gasteiger partial charge in [0.15, 0.2) is 17.5 Å². The second-order valence-electron chi connectivity index (χ2n) is 7.57. The molecule has 0 bridgehead atoms. The summed E-state index contributed by atoms with van der Waals surface area (Å²) in [5.41, 5.74) is 0.927. The second kappa shape index (κ2) is 10.8. The van der Waals surface area contributed by atoms with E-state index in [4.69, 9.17) is 9.47 Å². The zero-order valence-corrected chi connectivity index (χ0v) is 18.1. The lowest BCUT2D eigenvalue weighted by Crippen LogP contribution is -2.47. The first-order valence-corrected chi connectivity index (χ1v) is 10.9. The van der Waals surface area contributed by atoms with Crippen LogP contribution < -0.4 is 25.0 Å². The molecule has 2 aliphatic heterocycles. The summed E-state index contributed by atoms with van der Waals surface area (Å²) in [4.78, 5) is 17.8. The molecule has 0 unspecified atom stereocenters. The van der Waals surface area contributed by atoms with Gasteiger partial charge in [-0.2, -0.15) is 0 Å². The monoisotopic (exact) mass is 425 g/mol. The number of guanidine groups is 1. The molecule has 9 heteroatoms. The highest BCUT2D eigenvalue weighted by molar-refractivity contribution is 5.93. The van der Waals surface area contributed by atoms with Gasteiger partial charge >= 0.3 is 0 Å². The number of piperazine rings is 1. The van der Waals surface area contributed by atoms with E-state index in [1.807, 2.05) is 24.3 Å². The standard InChI is InChI=1S/C22H31N7O2/c1-23-21(27-18-5-6-19-20(17-18)31-16-4-15-30-19)24-9-3-10-28-11-13-29(14-12-28)22-25-7-2-8-26-22/h2,5-8,17H,3-4,9-16H2,1H3,(H2,23,24,27). The zero-order chi connectivity index (χ0) is 21.3. The van der Waals surface area contributed by atoms with Crippen molar-refractivity contribution >= 4 is 17.6 Å². The first-order chi connectivity index (χ1) is 15.3. The Balaban J connectivity index is 1.17. The van der Waals surface area contributed by atoms with Crippen LogP contribution in [0.4, 0.5) is 11.6 Å². The predicted octanol–water partition coefficient (Wildman–Crippen LogP) is 1.84. The Morgan fingerprint density at radius 1 is 1.06 bits per heavy atom. The van der Waals surface area contributed by atoms with Gasteiger partial charge in [-0.25, -0.2) is 9.97 Å². The molecule has 31 heavy (non-hydrogen) atoms. The molecule has 0 aliphatic carbocycles. The number of rotatable bonds is 6. The maximum atomic E-state index is 5.76. The number of nitrogens with zero attached hydrogens (tertiary/aromatic N) is 5. The number of benzene rings is 1. The van der Waals surface area contributed by atoms with E-state index in [9.17, 15) is 0 Å². The van der Waals surface area contributed by atoms with Crippen molar-refractivity contribution < 1.29 is 9.47 Å². The first kappa shape index (κ1) is 21.2. The van der Waals surface area contributed by atoms with E-state index in [1.54, 1.807) is 19.4 Å². The molecule has 2 aromatic rings. The van der Waals surface area contributed by atoms with Crippen LogP contribution in [0.3, 0.4) is 0 Å². The summed E-state index contributed by atoms with van der Waals surface area (Å²) in [6, 6.07) is 7.74. The lowest BCUT2D eigenvalue weighted by atomic mass is 10.2. The van der Waals surface area contributed by atoms with Crippen molar-refractivity contribution in [3.8, 4) is 11.5 Å². The molecule has 2 N–H and O–H groups in total. The Labute approximate surface area is 183 Å². The van der Waals surface area contributed by atoms with Gasteiger partial charge in [-0.3, -0.25) is 9.89 Å². The molecule has 0 amide bonds. The van der Waals surface area contributed by atoms with Gasteiger partial charge in [-0.1, -0.05) is 0 Å². The highest BCUT2D eigenvalue weighted by atomic mass is 16.5. The molecular weight excluding hydrogens is 394 g/mol. The minimum absolute atomic E-state index is 0.677. The van der Waals surface area contributed by atoms with Crippen molar-refractivity contribution in [2.24, 2.45) is 4.99 Å². The largest absolute Gasteiger partial charge is 0.490 e. The molecule has 9 nitrogen and oxygen atoms in total. The van der Waals surface area contributed by atoms with Gasteiger partial charge in [-0.15, -0.1) is 0 Å². The summed E-state index contributed by atoms with van der Waals surface area (Å²) < 4.78 is 11.5. The van der Waals surface area contributed by atoms with E-state index < -0.39 is 0 Å². The molecular formula is C22H31N7O2. The molecule has 1 fully saturated rings. The normalized spacial score (nSPS) is 17.2. The van der Waals surface area contributed by atoms with Crippen LogP contribution in [0.15, 0.2) is 41.7 Å². The maximum Gasteiger partial charge on any atom is 0.225 e. The van der Waals surface area contributed by atoms with E-state index in [0.29, 0.717) is 13.2 Å². The topological polar surface area (TPSA) is 87.1 Å². The van der Waals surface area contributed by atoms with Crippen LogP contribution in [-0.4, -0.2) is 80.4 Å². The number of anilines is 2. The van der Waals surface area contributed by atoms with Crippen LogP contribution in [-0.2, 0) is 0 Å². The first-order valence-electron chi connectivity index (χ1n) is 10.9. The van der Waals surface area contributed by atoms with Gasteiger partial charge in [0.25, 0.3) is 0 Å². The fourth-order valence-corrected chi connectivity index (χ4v) is 3.69. The number of hydrogen-bond donors (Lipinski definition) is 2. The van der Waals surface area contributed by atoms with Gasteiger partial charge in [0, 0.05) is 70.3 Å². The van der Waals surface area contributed by atoms with Crippen LogP contribution in [0, 0.1) is 0 Å². The highest BCUT2D eigenvalue weighted by Crippen LogP contribution is 2.32. The number of ether oxygens (including phenoxy) is 2. The molecule has 0 atom stereocenters. The van der Waals surface area contributed by atoms with Crippen molar-refractivity contribution in [3.63, 3.8) is 0 Å². The van der Waals surface area contributed by atoms with Gasteiger partial charge in [0.2, 0.25) is 5.95 Å². The third kappa shape index (κ3) is 5.97. The summed E-state index contributed by atoms with van der Waals surface area (Å²) in [6.07, 6.45) is 5.54. The summed E-state index contributed by atoms with van der Waals surface area (Å²) in [6.45, 7) is 7.26. The highest BCUT2D eigenvalue weighted by Gasteiger charge is 2.18. The minimum Gasteiger partial charge on any atom is -0.490 e. The Kier molecular flexibility index (Phi) is 7.38. The van der Waals surface area contributed by atoms with Gasteiger partial charge < -0.3 is 25.0 Å². The van der Waals surface area contributed by atoms with E-state index in [2.05, 4.69) is 35.4 Å². The van der Waals surface area contributed by atoms with Crippen molar-refractivity contribution in [1.82, 2.24) is 20.2 Å². The fourth-order valence-electron chi connectivity index (χ4n) is 3.69. The SMILES string of the molecule is CN=C(NCCCN1CCN(c2ncccn2)CC1)Nc1ccc2c(c1)OCCCO2. The van der Waals surface area contributed by atoms with E-state index >= 15 is 0 Å². The van der Waals surface area contributed by atoms with Crippen LogP contribution in [0.2, 0.25) is 0 Å². The van der Waals surface area contributed by atoms with E-state index in [0.717, 1.165) is 81.2 Å². The van der Waals surface area contributed by atoms with Crippen molar-refractivity contribution in [2.45, 2.75) is 12.8 Å². The zero-order valence-electron chi connectivity index (χ0n) is 18.1. The summed E-state index contributed by atoms with van der Waals surface area (Å²) in [5.74, 6) is 3.15. The van der Waals surface area contributed by atoms with Crippen LogP contribution >= 0.6 is 0 Å². The second-order valence-corrected chi connectivity index (χ2v) is 7.57. The molecule has 166 valence electrons. The molecule has 0 saturated carbocycles. The lowest BCUT2D eigenvalue weighted by Gasteiger charge is -2.34. The molecule has 1 saturated heterocycles. The van der Waals surface area contributed by atoms with Crippen LogP contribution in [0.25, 0.3) is 0 Å². The third-order valence-corrected chi connectivity index (χ3v) is 5.38. The average molecular weight is 426 g/mol. The van der Waals surface area contributed by atoms with Crippen LogP contribution in [0.1, 0.15) is 12.8 Å². The van der Waals surface area contributed by atoms with Gasteiger partial charge in [0.05, 0.1) is 13.2 Å². The van der Waals surface area contributed by atoms with Crippen molar-refractivity contribution in [1.29, 1.82) is 0 Å². The Morgan fingerprint density at radius 2 is 1.84 bits per heavy atom. The number of nitrogens with one attached hydrogen (secondary N) is 2. The van der Waals surface area contributed by atoms with Gasteiger partial charge in [0.1, 0.15) is 0 Å². The number of fused-ring (bicyclic) bond motifs is 1. The third-order valence-electron chi connectivity index (χ3n) is 5.38. The Hall–Kier alpha value is -3.07. The van der Waals surface area contributed by atoms with Crippen LogP contribution in [0.5, 0.6) is 11.5 Å². The summed E-state index contributed by atoms with van der Waals surface area (Å²) in [7, 11) is 1.78. The quantitative estimate of drug-likeness (QED) is 0.412. The Bertz CT molecular complexity index is 854. The Morgan fingerprint density at radius 3 is 2.61 bits per heavy atom. The number of aromatic nitrogens is 2. The maximum absolute atomic E-state index is 5.76. The summed E-state index contributed by atoms with van der Waals surface area (Å²) >= 11 is 0. The lowest BCUT2D eigenvalue weighted by molar-refractivity contribution is 0.254. The molecule has 1 aromatic carbocycles. The fraction of sp³-hybridized carbons (Fsp3) is 0.500. The summed E-state index contributed by atoms with van der Waals surface area (Å²) in [5, 5.41) is 6.73. The van der Waals surface area contributed by atoms with E-state index in [1.165, 1.54) is 0 Å². The van der Waals surface area contributed by atoms with E-state index in [-0.39, 0.29) is 0 Å². The number of aliphatic imine (C=N–C) groups is 1. The molecule has 0 spiro atoms. The molecule has 0 radical (unpaired) electrons. The smallest absolute Gasteiger partial charge is 0.225 e. The van der Waals surface area contributed by atoms with Gasteiger partial charge in [-0.05, 0) is 31.2 Å². The molecule has 1 aromatic heterocycles. The molecule has 3 heterocycles. The minimum atomic E-state index is 0.677. The van der Waals surface area contributed by atoms with Crippen molar-refractivity contribution in [3.05, 3.63) is 36.7 Å². The van der Waals surface area contributed by atoms with Crippen molar-refractivity contribution in [2.75, 3.05) is 69.7 Å². The average Bonchev–Trinajstić information content (AvgIpc) is 3.07. The predicted molar refractivity (Wildman–Crippen MR) is 122 cm³/mol. The number of hydrogen-bond acceptors (Lipinski definition) is 7.